The maximum Gasteiger partial charge on any atom is 0.410 e. The molecule has 4 nitrogen and oxygen atoms in total. The molecule has 0 atom stereocenters. The van der Waals surface area contributed by atoms with Crippen molar-refractivity contribution >= 4 is 6.09 Å². The first-order valence-electron chi connectivity index (χ1n) is 5.42. The monoisotopic (exact) mass is 198 g/mol. The van der Waals surface area contributed by atoms with Crippen LogP contribution in [0.15, 0.2) is 0 Å². The van der Waals surface area contributed by atoms with E-state index in [2.05, 4.69) is 5.32 Å². The van der Waals surface area contributed by atoms with E-state index in [4.69, 9.17) is 4.74 Å². The van der Waals surface area contributed by atoms with Gasteiger partial charge in [-0.1, -0.05) is 0 Å². The van der Waals surface area contributed by atoms with E-state index in [-0.39, 0.29) is 6.09 Å². The molecule has 0 spiro atoms. The van der Waals surface area contributed by atoms with Gasteiger partial charge in [0.2, 0.25) is 0 Å². The van der Waals surface area contributed by atoms with Crippen molar-refractivity contribution < 1.29 is 9.53 Å². The fourth-order valence-electron chi connectivity index (χ4n) is 2.41. The van der Waals surface area contributed by atoms with Crippen LogP contribution in [0.1, 0.15) is 25.7 Å². The van der Waals surface area contributed by atoms with Crippen LogP contribution in [0.4, 0.5) is 4.79 Å². The largest absolute Gasteiger partial charge is 0.448 e. The second kappa shape index (κ2) is 4.17. The predicted octanol–water partition coefficient (Wildman–Crippen LogP) is 0.969. The minimum absolute atomic E-state index is 0.113. The summed E-state index contributed by atoms with van der Waals surface area (Å²) in [6.07, 6.45) is 4.45. The number of amides is 1. The van der Waals surface area contributed by atoms with Crippen LogP contribution in [-0.2, 0) is 4.74 Å². The molecule has 1 amide bonds. The molecule has 1 aliphatic carbocycles. The van der Waals surface area contributed by atoms with Gasteiger partial charge < -0.3 is 15.0 Å². The molecule has 1 N–H and O–H groups in total. The van der Waals surface area contributed by atoms with Crippen molar-refractivity contribution in [2.24, 2.45) is 0 Å². The Morgan fingerprint density at radius 2 is 2.07 bits per heavy atom. The summed E-state index contributed by atoms with van der Waals surface area (Å²) in [5.41, 5.74) is 0. The molecule has 2 fully saturated rings. The van der Waals surface area contributed by atoms with Crippen LogP contribution in [0, 0.1) is 0 Å². The van der Waals surface area contributed by atoms with Gasteiger partial charge >= 0.3 is 6.09 Å². The summed E-state index contributed by atoms with van der Waals surface area (Å²) in [7, 11) is 2.01. The first-order valence-corrected chi connectivity index (χ1v) is 5.42. The van der Waals surface area contributed by atoms with Crippen LogP contribution >= 0.6 is 0 Å². The van der Waals surface area contributed by atoms with E-state index in [0.717, 1.165) is 19.4 Å². The maximum absolute atomic E-state index is 11.3. The third-order valence-electron chi connectivity index (χ3n) is 3.34. The van der Waals surface area contributed by atoms with Gasteiger partial charge in [0.1, 0.15) is 6.61 Å². The average Bonchev–Trinajstić information content (AvgIpc) is 2.65. The highest BCUT2D eigenvalue weighted by Gasteiger charge is 2.32. The van der Waals surface area contributed by atoms with Crippen molar-refractivity contribution in [3.63, 3.8) is 0 Å². The maximum atomic E-state index is 11.3. The summed E-state index contributed by atoms with van der Waals surface area (Å²) in [4.78, 5) is 13.2. The Hall–Kier alpha value is -0.770. The van der Waals surface area contributed by atoms with E-state index >= 15 is 0 Å². The number of hydrogen-bond donors (Lipinski definition) is 1. The summed E-state index contributed by atoms with van der Waals surface area (Å²) in [6, 6.07) is 1.07. The molecular weight excluding hydrogens is 180 g/mol. The Balaban J connectivity index is 1.85. The molecule has 1 saturated carbocycles. The van der Waals surface area contributed by atoms with Crippen molar-refractivity contribution in [1.82, 2.24) is 10.2 Å². The zero-order chi connectivity index (χ0) is 9.97. The van der Waals surface area contributed by atoms with Gasteiger partial charge in [-0.3, -0.25) is 0 Å². The first kappa shape index (κ1) is 9.77. The summed E-state index contributed by atoms with van der Waals surface area (Å²) in [6.45, 7) is 1.36. The zero-order valence-electron chi connectivity index (χ0n) is 8.66. The number of hydrogen-bond acceptors (Lipinski definition) is 3. The molecule has 0 bridgehead atoms. The average molecular weight is 198 g/mol. The van der Waals surface area contributed by atoms with Gasteiger partial charge in [0, 0.05) is 12.1 Å². The second-order valence-corrected chi connectivity index (χ2v) is 4.10. The third kappa shape index (κ3) is 1.85. The van der Waals surface area contributed by atoms with Crippen LogP contribution in [0.3, 0.4) is 0 Å². The molecule has 14 heavy (non-hydrogen) atoms. The zero-order valence-corrected chi connectivity index (χ0v) is 8.66. The Kier molecular flexibility index (Phi) is 2.91. The summed E-state index contributed by atoms with van der Waals surface area (Å²) < 4.78 is 4.94. The molecule has 0 radical (unpaired) electrons. The summed E-state index contributed by atoms with van der Waals surface area (Å²) in [5, 5.41) is 3.29. The summed E-state index contributed by atoms with van der Waals surface area (Å²) in [5.74, 6) is 0. The molecule has 0 aromatic heterocycles. The number of nitrogens with one attached hydrogen (secondary N) is 1. The Bertz CT molecular complexity index is 212. The molecule has 0 aromatic rings. The molecular formula is C10H18N2O2. The van der Waals surface area contributed by atoms with Gasteiger partial charge in [-0.05, 0) is 32.7 Å². The molecule has 1 heterocycles. The topological polar surface area (TPSA) is 41.6 Å². The molecule has 1 saturated heterocycles. The van der Waals surface area contributed by atoms with E-state index in [1.165, 1.54) is 12.8 Å². The summed E-state index contributed by atoms with van der Waals surface area (Å²) >= 11 is 0. The number of nitrogens with zero attached hydrogens (tertiary/aromatic N) is 1. The van der Waals surface area contributed by atoms with E-state index in [1.807, 2.05) is 11.9 Å². The highest BCUT2D eigenvalue weighted by molar-refractivity contribution is 5.69. The Morgan fingerprint density at radius 3 is 2.57 bits per heavy atom. The first-order chi connectivity index (χ1) is 6.81. The van der Waals surface area contributed by atoms with E-state index in [1.54, 1.807) is 0 Å². The SMILES string of the molecule is CNC1CCC(N2CCOC2=O)CC1. The fourth-order valence-corrected chi connectivity index (χ4v) is 2.41. The smallest absolute Gasteiger partial charge is 0.410 e. The standard InChI is InChI=1S/C10H18N2O2/c1-11-8-2-4-9(5-3-8)12-6-7-14-10(12)13/h8-9,11H,2-7H2,1H3. The normalized spacial score (nSPS) is 33.2. The highest BCUT2D eigenvalue weighted by atomic mass is 16.6. The van der Waals surface area contributed by atoms with E-state index in [9.17, 15) is 4.79 Å². The van der Waals surface area contributed by atoms with Crippen LogP contribution in [0.25, 0.3) is 0 Å². The minimum atomic E-state index is -0.113. The highest BCUT2D eigenvalue weighted by Crippen LogP contribution is 2.24. The Morgan fingerprint density at radius 1 is 1.36 bits per heavy atom. The molecule has 80 valence electrons. The molecule has 2 aliphatic rings. The van der Waals surface area contributed by atoms with Crippen molar-refractivity contribution in [3.8, 4) is 0 Å². The van der Waals surface area contributed by atoms with Gasteiger partial charge in [-0.15, -0.1) is 0 Å². The minimum Gasteiger partial charge on any atom is -0.448 e. The third-order valence-corrected chi connectivity index (χ3v) is 3.34. The van der Waals surface area contributed by atoms with Gasteiger partial charge in [0.25, 0.3) is 0 Å². The van der Waals surface area contributed by atoms with E-state index in [0.29, 0.717) is 18.7 Å². The van der Waals surface area contributed by atoms with Gasteiger partial charge in [-0.2, -0.15) is 0 Å². The lowest BCUT2D eigenvalue weighted by Gasteiger charge is -2.32. The molecule has 0 aromatic carbocycles. The predicted molar refractivity (Wildman–Crippen MR) is 53.2 cm³/mol. The number of rotatable bonds is 2. The van der Waals surface area contributed by atoms with Crippen LogP contribution < -0.4 is 5.32 Å². The van der Waals surface area contributed by atoms with E-state index < -0.39 is 0 Å². The van der Waals surface area contributed by atoms with Crippen molar-refractivity contribution in [2.75, 3.05) is 20.2 Å². The van der Waals surface area contributed by atoms with Crippen LogP contribution in [0.5, 0.6) is 0 Å². The van der Waals surface area contributed by atoms with Gasteiger partial charge in [0.05, 0.1) is 6.54 Å². The lowest BCUT2D eigenvalue weighted by molar-refractivity contribution is 0.135. The van der Waals surface area contributed by atoms with Crippen LogP contribution in [-0.4, -0.2) is 43.3 Å². The van der Waals surface area contributed by atoms with Crippen LogP contribution in [0.2, 0.25) is 0 Å². The number of ether oxygens (including phenoxy) is 1. The molecule has 1 aliphatic heterocycles. The number of cyclic esters (lactones) is 1. The fraction of sp³-hybridized carbons (Fsp3) is 0.900. The Labute approximate surface area is 84.6 Å². The quantitative estimate of drug-likeness (QED) is 0.719. The second-order valence-electron chi connectivity index (χ2n) is 4.10. The number of carbonyl (C=O) groups excluding carboxylic acids is 1. The van der Waals surface area contributed by atoms with Gasteiger partial charge in [-0.25, -0.2) is 4.79 Å². The number of carbonyl (C=O) groups is 1. The van der Waals surface area contributed by atoms with Crippen molar-refractivity contribution in [1.29, 1.82) is 0 Å². The van der Waals surface area contributed by atoms with Crippen molar-refractivity contribution in [2.45, 2.75) is 37.8 Å². The molecule has 2 rings (SSSR count). The van der Waals surface area contributed by atoms with Crippen molar-refractivity contribution in [3.05, 3.63) is 0 Å². The lowest BCUT2D eigenvalue weighted by Crippen LogP contribution is -2.42. The van der Waals surface area contributed by atoms with Gasteiger partial charge in [0.15, 0.2) is 0 Å². The molecule has 4 heteroatoms. The lowest BCUT2D eigenvalue weighted by atomic mass is 9.90. The molecule has 0 unspecified atom stereocenters.